The first-order valence-electron chi connectivity index (χ1n) is 6.43. The van der Waals surface area contributed by atoms with Crippen molar-refractivity contribution in [2.24, 2.45) is 5.92 Å². The van der Waals surface area contributed by atoms with Crippen molar-refractivity contribution >= 4 is 16.7 Å². The van der Waals surface area contributed by atoms with Crippen LogP contribution in [0.4, 0.5) is 10.2 Å². The summed E-state index contributed by atoms with van der Waals surface area (Å²) >= 11 is 0. The van der Waals surface area contributed by atoms with E-state index in [-0.39, 0.29) is 11.7 Å². The number of aliphatic hydroxyl groups is 1. The van der Waals surface area contributed by atoms with E-state index < -0.39 is 11.9 Å². The molecule has 0 amide bonds. The van der Waals surface area contributed by atoms with Gasteiger partial charge < -0.3 is 15.2 Å². The molecule has 0 aliphatic rings. The van der Waals surface area contributed by atoms with Gasteiger partial charge in [0, 0.05) is 18.0 Å². The van der Waals surface area contributed by atoms with Crippen LogP contribution in [0.3, 0.4) is 0 Å². The molecular formula is C14H18FN3O2. The van der Waals surface area contributed by atoms with Crippen LogP contribution in [0.1, 0.15) is 13.8 Å². The number of aliphatic hydroxyl groups excluding tert-OH is 1. The maximum atomic E-state index is 13.6. The van der Waals surface area contributed by atoms with E-state index in [0.717, 1.165) is 0 Å². The second-order valence-electron chi connectivity index (χ2n) is 4.92. The number of hydrogen-bond donors (Lipinski definition) is 2. The summed E-state index contributed by atoms with van der Waals surface area (Å²) in [4.78, 5) is 8.16. The molecule has 0 fully saturated rings. The van der Waals surface area contributed by atoms with Crippen LogP contribution in [0.15, 0.2) is 18.5 Å². The molecule has 0 saturated carbocycles. The molecule has 0 aliphatic heterocycles. The molecule has 0 aliphatic carbocycles. The third-order valence-corrected chi connectivity index (χ3v) is 3.16. The van der Waals surface area contributed by atoms with Crippen molar-refractivity contribution in [3.8, 4) is 5.75 Å². The summed E-state index contributed by atoms with van der Waals surface area (Å²) in [5.41, 5.74) is 0.486. The number of ether oxygens (including phenoxy) is 1. The van der Waals surface area contributed by atoms with Crippen LogP contribution in [0, 0.1) is 11.7 Å². The highest BCUT2D eigenvalue weighted by Crippen LogP contribution is 2.27. The summed E-state index contributed by atoms with van der Waals surface area (Å²) in [6.45, 7) is 4.23. The number of halogens is 1. The summed E-state index contributed by atoms with van der Waals surface area (Å²) in [6, 6.07) is 2.86. The topological polar surface area (TPSA) is 67.3 Å². The van der Waals surface area contributed by atoms with Crippen molar-refractivity contribution in [2.75, 3.05) is 19.0 Å². The van der Waals surface area contributed by atoms with Gasteiger partial charge in [0.2, 0.25) is 0 Å². The van der Waals surface area contributed by atoms with Crippen molar-refractivity contribution in [1.82, 2.24) is 9.97 Å². The monoisotopic (exact) mass is 279 g/mol. The summed E-state index contributed by atoms with van der Waals surface area (Å²) in [6.07, 6.45) is 0.876. The Morgan fingerprint density at radius 1 is 1.35 bits per heavy atom. The zero-order valence-electron chi connectivity index (χ0n) is 11.7. The molecule has 2 aromatic rings. The SMILES string of the molecule is COc1cc2c(NCC(O)C(C)C)ncnc2cc1F. The molecule has 1 aromatic carbocycles. The number of anilines is 1. The van der Waals surface area contributed by atoms with Crippen molar-refractivity contribution in [2.45, 2.75) is 20.0 Å². The number of benzene rings is 1. The first kappa shape index (κ1) is 14.5. The lowest BCUT2D eigenvalue weighted by molar-refractivity contribution is 0.138. The Labute approximate surface area is 116 Å². The Kier molecular flexibility index (Phi) is 4.34. The fraction of sp³-hybridized carbons (Fsp3) is 0.429. The molecule has 20 heavy (non-hydrogen) atoms. The quantitative estimate of drug-likeness (QED) is 0.878. The normalized spacial score (nSPS) is 12.7. The van der Waals surface area contributed by atoms with Gasteiger partial charge in [-0.05, 0) is 12.0 Å². The lowest BCUT2D eigenvalue weighted by atomic mass is 10.1. The number of nitrogens with zero attached hydrogens (tertiary/aromatic N) is 2. The number of aromatic nitrogens is 2. The molecule has 0 radical (unpaired) electrons. The molecule has 1 atom stereocenters. The second-order valence-corrected chi connectivity index (χ2v) is 4.92. The van der Waals surface area contributed by atoms with Crippen LogP contribution in [-0.4, -0.2) is 34.8 Å². The summed E-state index contributed by atoms with van der Waals surface area (Å²) in [5, 5.41) is 13.5. The van der Waals surface area contributed by atoms with Crippen molar-refractivity contribution < 1.29 is 14.2 Å². The van der Waals surface area contributed by atoms with E-state index in [1.165, 1.54) is 19.5 Å². The highest BCUT2D eigenvalue weighted by Gasteiger charge is 2.12. The fourth-order valence-electron chi connectivity index (χ4n) is 1.79. The van der Waals surface area contributed by atoms with Gasteiger partial charge in [-0.15, -0.1) is 0 Å². The Morgan fingerprint density at radius 2 is 2.10 bits per heavy atom. The van der Waals surface area contributed by atoms with Gasteiger partial charge in [-0.1, -0.05) is 13.8 Å². The third-order valence-electron chi connectivity index (χ3n) is 3.16. The van der Waals surface area contributed by atoms with Gasteiger partial charge in [0.05, 0.1) is 18.7 Å². The van der Waals surface area contributed by atoms with E-state index in [1.54, 1.807) is 6.07 Å². The first-order valence-corrected chi connectivity index (χ1v) is 6.43. The number of fused-ring (bicyclic) bond motifs is 1. The minimum atomic E-state index is -0.484. The van der Waals surface area contributed by atoms with Crippen molar-refractivity contribution in [3.63, 3.8) is 0 Å². The molecule has 1 heterocycles. The standard InChI is InChI=1S/C14H18FN3O2/c1-8(2)12(19)6-16-14-9-4-13(20-3)10(15)5-11(9)17-7-18-14/h4-5,7-8,12,19H,6H2,1-3H3,(H,16,17,18). The number of methoxy groups -OCH3 is 1. The third kappa shape index (κ3) is 2.96. The molecule has 0 bridgehead atoms. The molecule has 2 rings (SSSR count). The van der Waals surface area contributed by atoms with Crippen LogP contribution in [0.25, 0.3) is 10.9 Å². The first-order chi connectivity index (χ1) is 9.52. The molecule has 6 heteroatoms. The molecule has 0 spiro atoms. The lowest BCUT2D eigenvalue weighted by Gasteiger charge is -2.16. The minimum absolute atomic E-state index is 0.139. The maximum Gasteiger partial charge on any atom is 0.167 e. The number of rotatable bonds is 5. The fourth-order valence-corrected chi connectivity index (χ4v) is 1.79. The summed E-state index contributed by atoms with van der Waals surface area (Å²) in [7, 11) is 1.41. The second kappa shape index (κ2) is 6.00. The van der Waals surface area contributed by atoms with E-state index in [9.17, 15) is 9.50 Å². The highest BCUT2D eigenvalue weighted by atomic mass is 19.1. The summed E-state index contributed by atoms with van der Waals surface area (Å²) in [5.74, 6) is 0.363. The van der Waals surface area contributed by atoms with Gasteiger partial charge in [0.25, 0.3) is 0 Å². The molecular weight excluding hydrogens is 261 g/mol. The zero-order chi connectivity index (χ0) is 14.7. The van der Waals surface area contributed by atoms with Crippen LogP contribution in [-0.2, 0) is 0 Å². The van der Waals surface area contributed by atoms with Gasteiger partial charge >= 0.3 is 0 Å². The van der Waals surface area contributed by atoms with Gasteiger partial charge in [-0.25, -0.2) is 14.4 Å². The largest absolute Gasteiger partial charge is 0.494 e. The van der Waals surface area contributed by atoms with E-state index in [1.807, 2.05) is 13.8 Å². The van der Waals surface area contributed by atoms with E-state index in [2.05, 4.69) is 15.3 Å². The van der Waals surface area contributed by atoms with E-state index >= 15 is 0 Å². The highest BCUT2D eigenvalue weighted by molar-refractivity contribution is 5.90. The van der Waals surface area contributed by atoms with Crippen LogP contribution >= 0.6 is 0 Å². The average molecular weight is 279 g/mol. The van der Waals surface area contributed by atoms with Gasteiger partial charge in [-0.2, -0.15) is 0 Å². The van der Waals surface area contributed by atoms with Crippen molar-refractivity contribution in [3.05, 3.63) is 24.3 Å². The average Bonchev–Trinajstić information content (AvgIpc) is 2.43. The molecule has 5 nitrogen and oxygen atoms in total. The molecule has 1 unspecified atom stereocenters. The summed E-state index contributed by atoms with van der Waals surface area (Å²) < 4.78 is 18.6. The number of hydrogen-bond acceptors (Lipinski definition) is 5. The Morgan fingerprint density at radius 3 is 2.75 bits per heavy atom. The van der Waals surface area contributed by atoms with Gasteiger partial charge in [0.15, 0.2) is 11.6 Å². The lowest BCUT2D eigenvalue weighted by Crippen LogP contribution is -2.25. The Bertz CT molecular complexity index is 604. The predicted molar refractivity (Wildman–Crippen MR) is 75.4 cm³/mol. The van der Waals surface area contributed by atoms with E-state index in [0.29, 0.717) is 23.3 Å². The minimum Gasteiger partial charge on any atom is -0.494 e. The van der Waals surface area contributed by atoms with Gasteiger partial charge in [-0.3, -0.25) is 0 Å². The van der Waals surface area contributed by atoms with Crippen LogP contribution < -0.4 is 10.1 Å². The molecule has 108 valence electrons. The zero-order valence-corrected chi connectivity index (χ0v) is 11.7. The predicted octanol–water partition coefficient (Wildman–Crippen LogP) is 2.21. The maximum absolute atomic E-state index is 13.6. The molecule has 2 N–H and O–H groups in total. The number of nitrogens with one attached hydrogen (secondary N) is 1. The Balaban J connectivity index is 2.33. The molecule has 1 aromatic heterocycles. The van der Waals surface area contributed by atoms with Gasteiger partial charge in [0.1, 0.15) is 12.1 Å². The van der Waals surface area contributed by atoms with E-state index in [4.69, 9.17) is 4.74 Å². The van der Waals surface area contributed by atoms with Crippen LogP contribution in [0.2, 0.25) is 0 Å². The molecule has 0 saturated heterocycles. The van der Waals surface area contributed by atoms with Crippen LogP contribution in [0.5, 0.6) is 5.75 Å². The Hall–Kier alpha value is -1.95. The van der Waals surface area contributed by atoms with Crippen molar-refractivity contribution in [1.29, 1.82) is 0 Å². The smallest absolute Gasteiger partial charge is 0.167 e.